The maximum absolute atomic E-state index is 12.8. The van der Waals surface area contributed by atoms with E-state index in [-0.39, 0.29) is 11.5 Å². The normalized spacial score (nSPS) is 14.4. The number of ether oxygens (including phenoxy) is 1. The van der Waals surface area contributed by atoms with Gasteiger partial charge in [-0.2, -0.15) is 0 Å². The molecule has 0 bridgehead atoms. The summed E-state index contributed by atoms with van der Waals surface area (Å²) in [5.41, 5.74) is 2.12. The molecule has 4 rings (SSSR count). The molecule has 0 radical (unpaired) electrons. The van der Waals surface area contributed by atoms with E-state index >= 15 is 0 Å². The summed E-state index contributed by atoms with van der Waals surface area (Å²) in [6, 6.07) is 5.44. The summed E-state index contributed by atoms with van der Waals surface area (Å²) in [6.07, 6.45) is 4.71. The first kappa shape index (κ1) is 20.1. The highest BCUT2D eigenvalue weighted by Crippen LogP contribution is 2.29. The van der Waals surface area contributed by atoms with Crippen molar-refractivity contribution in [1.82, 2.24) is 19.7 Å². The van der Waals surface area contributed by atoms with Crippen LogP contribution in [-0.2, 0) is 30.7 Å². The van der Waals surface area contributed by atoms with Crippen molar-refractivity contribution in [3.8, 4) is 5.75 Å². The average molecular weight is 410 g/mol. The van der Waals surface area contributed by atoms with Gasteiger partial charge >= 0.3 is 5.63 Å². The zero-order valence-corrected chi connectivity index (χ0v) is 17.6. The first-order valence-electron chi connectivity index (χ1n) is 10.3. The van der Waals surface area contributed by atoms with Gasteiger partial charge in [-0.25, -0.2) is 4.79 Å². The van der Waals surface area contributed by atoms with Crippen molar-refractivity contribution < 1.29 is 13.9 Å². The van der Waals surface area contributed by atoms with Gasteiger partial charge < -0.3 is 18.6 Å². The van der Waals surface area contributed by atoms with E-state index in [4.69, 9.17) is 9.15 Å². The third-order valence-corrected chi connectivity index (χ3v) is 5.65. The van der Waals surface area contributed by atoms with E-state index in [2.05, 4.69) is 10.2 Å². The molecule has 30 heavy (non-hydrogen) atoms. The van der Waals surface area contributed by atoms with Crippen LogP contribution >= 0.6 is 0 Å². The van der Waals surface area contributed by atoms with Gasteiger partial charge in [0.25, 0.3) is 5.91 Å². The van der Waals surface area contributed by atoms with Crippen LogP contribution in [0.3, 0.4) is 0 Å². The van der Waals surface area contributed by atoms with Crippen LogP contribution in [0.25, 0.3) is 11.0 Å². The fraction of sp³-hybridized carbons (Fsp3) is 0.455. The lowest BCUT2D eigenvalue weighted by atomic mass is 9.91. The number of likely N-dealkylation sites (N-methyl/N-ethyl adjacent to an activating group) is 1. The Morgan fingerprint density at radius 2 is 2.07 bits per heavy atom. The lowest BCUT2D eigenvalue weighted by Crippen LogP contribution is -2.38. The topological polar surface area (TPSA) is 90.5 Å². The number of rotatable bonds is 6. The Morgan fingerprint density at radius 3 is 2.83 bits per heavy atom. The van der Waals surface area contributed by atoms with Gasteiger partial charge in [0.2, 0.25) is 0 Å². The first-order chi connectivity index (χ1) is 14.5. The minimum absolute atomic E-state index is 0.173. The highest BCUT2D eigenvalue weighted by atomic mass is 16.5. The van der Waals surface area contributed by atoms with E-state index in [1.807, 2.05) is 23.6 Å². The maximum atomic E-state index is 12.8. The van der Waals surface area contributed by atoms with Crippen molar-refractivity contribution in [1.29, 1.82) is 0 Å². The van der Waals surface area contributed by atoms with Crippen molar-refractivity contribution in [2.24, 2.45) is 0 Å². The molecule has 3 aromatic rings. The number of hydrogen-bond acceptors (Lipinski definition) is 6. The van der Waals surface area contributed by atoms with E-state index in [1.165, 1.54) is 0 Å². The van der Waals surface area contributed by atoms with Crippen molar-refractivity contribution in [2.75, 3.05) is 7.05 Å². The molecule has 1 aromatic carbocycles. The van der Waals surface area contributed by atoms with Gasteiger partial charge in [-0.15, -0.1) is 10.2 Å². The standard InChI is InChI=1S/C22H26N4O4/c1-4-26-13-23-24-20(26)12-25(3)21(27)14(2)29-15-9-10-17-16-7-5-6-8-18(16)22(28)30-19(17)11-15/h9-11,13-14H,4-8,12H2,1-3H3. The van der Waals surface area contributed by atoms with Crippen LogP contribution in [0.2, 0.25) is 0 Å². The van der Waals surface area contributed by atoms with E-state index in [9.17, 15) is 9.59 Å². The highest BCUT2D eigenvalue weighted by molar-refractivity contribution is 5.83. The Hall–Kier alpha value is -3.16. The molecule has 1 unspecified atom stereocenters. The molecule has 1 atom stereocenters. The summed E-state index contributed by atoms with van der Waals surface area (Å²) in [5.74, 6) is 1.04. The molecule has 2 heterocycles. The monoisotopic (exact) mass is 410 g/mol. The quantitative estimate of drug-likeness (QED) is 0.581. The molecular weight excluding hydrogens is 384 g/mol. The third kappa shape index (κ3) is 3.81. The molecule has 0 saturated heterocycles. The van der Waals surface area contributed by atoms with Gasteiger partial charge in [-0.3, -0.25) is 4.79 Å². The van der Waals surface area contributed by atoms with Gasteiger partial charge in [-0.05, 0) is 57.2 Å². The Balaban J connectivity index is 1.50. The second-order valence-corrected chi connectivity index (χ2v) is 7.70. The number of fused-ring (bicyclic) bond motifs is 3. The second-order valence-electron chi connectivity index (χ2n) is 7.70. The molecule has 8 heteroatoms. The van der Waals surface area contributed by atoms with E-state index < -0.39 is 6.10 Å². The Kier molecular flexibility index (Phi) is 5.57. The number of carbonyl (C=O) groups is 1. The van der Waals surface area contributed by atoms with Gasteiger partial charge in [0.05, 0.1) is 6.54 Å². The number of aryl methyl sites for hydroxylation is 2. The molecule has 0 aliphatic heterocycles. The smallest absolute Gasteiger partial charge is 0.339 e. The number of nitrogens with zero attached hydrogens (tertiary/aromatic N) is 4. The molecular formula is C22H26N4O4. The van der Waals surface area contributed by atoms with Crippen molar-refractivity contribution in [3.63, 3.8) is 0 Å². The first-order valence-corrected chi connectivity index (χ1v) is 10.3. The predicted octanol–water partition coefficient (Wildman–Crippen LogP) is 2.71. The second kappa shape index (κ2) is 8.30. The van der Waals surface area contributed by atoms with Gasteiger partial charge in [0.1, 0.15) is 17.7 Å². The lowest BCUT2D eigenvalue weighted by molar-refractivity contribution is -0.137. The minimum Gasteiger partial charge on any atom is -0.481 e. The molecule has 2 aromatic heterocycles. The summed E-state index contributed by atoms with van der Waals surface area (Å²) in [4.78, 5) is 26.7. The highest BCUT2D eigenvalue weighted by Gasteiger charge is 2.22. The summed E-state index contributed by atoms with van der Waals surface area (Å²) in [5, 5.41) is 8.91. The van der Waals surface area contributed by atoms with Crippen LogP contribution in [-0.4, -0.2) is 38.7 Å². The summed E-state index contributed by atoms with van der Waals surface area (Å²) in [6.45, 7) is 4.79. The molecule has 1 amide bonds. The zero-order valence-electron chi connectivity index (χ0n) is 17.6. The van der Waals surface area contributed by atoms with Crippen LogP contribution in [0.1, 0.15) is 43.6 Å². The molecule has 0 fully saturated rings. The molecule has 0 spiro atoms. The van der Waals surface area contributed by atoms with Crippen molar-refractivity contribution in [3.05, 3.63) is 51.9 Å². The van der Waals surface area contributed by atoms with Crippen LogP contribution < -0.4 is 10.4 Å². The number of hydrogen-bond donors (Lipinski definition) is 0. The summed E-state index contributed by atoms with van der Waals surface area (Å²) >= 11 is 0. The van der Waals surface area contributed by atoms with Crippen LogP contribution in [0.4, 0.5) is 0 Å². The number of aromatic nitrogens is 3. The predicted molar refractivity (Wildman–Crippen MR) is 111 cm³/mol. The van der Waals surface area contributed by atoms with E-state index in [0.717, 1.165) is 54.6 Å². The van der Waals surface area contributed by atoms with E-state index in [0.29, 0.717) is 17.9 Å². The van der Waals surface area contributed by atoms with Crippen LogP contribution in [0.5, 0.6) is 5.75 Å². The number of amides is 1. The molecule has 158 valence electrons. The van der Waals surface area contributed by atoms with Crippen molar-refractivity contribution >= 4 is 16.9 Å². The molecule has 0 saturated carbocycles. The average Bonchev–Trinajstić information content (AvgIpc) is 3.20. The maximum Gasteiger partial charge on any atom is 0.339 e. The van der Waals surface area contributed by atoms with E-state index in [1.54, 1.807) is 31.3 Å². The fourth-order valence-electron chi connectivity index (χ4n) is 4.02. The zero-order chi connectivity index (χ0) is 21.3. The van der Waals surface area contributed by atoms with Gasteiger partial charge in [0.15, 0.2) is 11.9 Å². The molecule has 1 aliphatic rings. The number of carbonyl (C=O) groups excluding carboxylic acids is 1. The largest absolute Gasteiger partial charge is 0.481 e. The van der Waals surface area contributed by atoms with Crippen LogP contribution in [0.15, 0.2) is 33.7 Å². The number of benzene rings is 1. The minimum atomic E-state index is -0.699. The van der Waals surface area contributed by atoms with Gasteiger partial charge in [-0.1, -0.05) is 0 Å². The lowest BCUT2D eigenvalue weighted by Gasteiger charge is -2.22. The molecule has 8 nitrogen and oxygen atoms in total. The summed E-state index contributed by atoms with van der Waals surface area (Å²) in [7, 11) is 1.71. The Bertz CT molecular complexity index is 1130. The summed E-state index contributed by atoms with van der Waals surface area (Å²) < 4.78 is 13.3. The molecule has 1 aliphatic carbocycles. The fourth-order valence-corrected chi connectivity index (χ4v) is 4.02. The Labute approximate surface area is 174 Å². The Morgan fingerprint density at radius 1 is 1.30 bits per heavy atom. The SMILES string of the molecule is CCn1cnnc1CN(C)C(=O)C(C)Oc1ccc2c3c(c(=O)oc2c1)CCCC3. The molecule has 0 N–H and O–H groups in total. The third-order valence-electron chi connectivity index (χ3n) is 5.65. The van der Waals surface area contributed by atoms with Crippen LogP contribution in [0, 0.1) is 0 Å². The van der Waals surface area contributed by atoms with Gasteiger partial charge in [0, 0.05) is 30.6 Å². The van der Waals surface area contributed by atoms with Crippen molar-refractivity contribution in [2.45, 2.75) is 58.7 Å².